The number of rotatable bonds is 2. The van der Waals surface area contributed by atoms with Crippen LogP contribution in [0.1, 0.15) is 15.9 Å². The molecule has 6 heteroatoms. The van der Waals surface area contributed by atoms with Crippen LogP contribution in [0.4, 0.5) is 5.82 Å². The highest BCUT2D eigenvalue weighted by molar-refractivity contribution is 5.94. The first-order chi connectivity index (χ1) is 8.54. The molecule has 1 aromatic heterocycles. The number of benzene rings is 1. The zero-order chi connectivity index (χ0) is 13.3. The molecule has 0 aliphatic carbocycles. The Bertz CT molecular complexity index is 605. The lowest BCUT2D eigenvalue weighted by Crippen LogP contribution is -2.07. The zero-order valence-electron chi connectivity index (χ0n) is 10.0. The number of carbonyl (C=O) groups is 1. The van der Waals surface area contributed by atoms with Gasteiger partial charge in [0.2, 0.25) is 0 Å². The maximum absolute atomic E-state index is 11.4. The molecule has 0 aliphatic rings. The second kappa shape index (κ2) is 4.40. The molecule has 1 aromatic carbocycles. The van der Waals surface area contributed by atoms with Crippen molar-refractivity contribution in [1.29, 1.82) is 0 Å². The van der Waals surface area contributed by atoms with Gasteiger partial charge < -0.3 is 15.6 Å². The van der Waals surface area contributed by atoms with Crippen LogP contribution in [0.3, 0.4) is 0 Å². The maximum Gasteiger partial charge on any atom is 0.343 e. The van der Waals surface area contributed by atoms with E-state index in [4.69, 9.17) is 5.73 Å². The van der Waals surface area contributed by atoms with Crippen LogP contribution in [0.25, 0.3) is 5.69 Å². The minimum Gasteiger partial charge on any atom is -0.506 e. The van der Waals surface area contributed by atoms with Crippen molar-refractivity contribution in [3.63, 3.8) is 0 Å². The van der Waals surface area contributed by atoms with Crippen molar-refractivity contribution in [1.82, 2.24) is 9.78 Å². The van der Waals surface area contributed by atoms with Crippen LogP contribution in [0.2, 0.25) is 0 Å². The molecule has 0 saturated carbocycles. The van der Waals surface area contributed by atoms with Crippen LogP contribution < -0.4 is 5.73 Å². The Balaban J connectivity index is 2.52. The van der Waals surface area contributed by atoms with Crippen LogP contribution >= 0.6 is 0 Å². The zero-order valence-corrected chi connectivity index (χ0v) is 10.0. The number of hydrogen-bond acceptors (Lipinski definition) is 5. The lowest BCUT2D eigenvalue weighted by molar-refractivity contribution is 0.0602. The van der Waals surface area contributed by atoms with E-state index in [1.54, 1.807) is 12.1 Å². The van der Waals surface area contributed by atoms with Gasteiger partial charge in [-0.1, -0.05) is 6.07 Å². The topological polar surface area (TPSA) is 90.4 Å². The number of hydrogen-bond donors (Lipinski definition) is 2. The largest absolute Gasteiger partial charge is 0.506 e. The molecular formula is C12H13N3O3. The number of nitrogens with zero attached hydrogens (tertiary/aromatic N) is 2. The lowest BCUT2D eigenvalue weighted by atomic mass is 10.2. The van der Waals surface area contributed by atoms with E-state index in [-0.39, 0.29) is 17.1 Å². The van der Waals surface area contributed by atoms with Crippen molar-refractivity contribution < 1.29 is 14.6 Å². The summed E-state index contributed by atoms with van der Waals surface area (Å²) in [7, 11) is 1.27. The maximum atomic E-state index is 11.4. The number of ether oxygens (including phenoxy) is 1. The van der Waals surface area contributed by atoms with Gasteiger partial charge in [0.1, 0.15) is 22.8 Å². The van der Waals surface area contributed by atoms with Crippen LogP contribution in [-0.2, 0) is 4.74 Å². The fourth-order valence-corrected chi connectivity index (χ4v) is 1.63. The molecule has 6 nitrogen and oxygen atoms in total. The van der Waals surface area contributed by atoms with Crippen LogP contribution in [0.5, 0.6) is 5.75 Å². The summed E-state index contributed by atoms with van der Waals surface area (Å²) < 4.78 is 5.87. The lowest BCUT2D eigenvalue weighted by Gasteiger charge is -2.07. The van der Waals surface area contributed by atoms with Gasteiger partial charge in [0.05, 0.1) is 13.3 Å². The van der Waals surface area contributed by atoms with Crippen LogP contribution in [0, 0.1) is 6.92 Å². The van der Waals surface area contributed by atoms with Crippen molar-refractivity contribution in [2.24, 2.45) is 0 Å². The predicted octanol–water partition coefficient (Wildman–Crippen LogP) is 1.26. The normalized spacial score (nSPS) is 10.3. The number of aromatic hydroxyl groups is 1. The van der Waals surface area contributed by atoms with Crippen molar-refractivity contribution in [2.45, 2.75) is 6.92 Å². The van der Waals surface area contributed by atoms with Crippen LogP contribution in [-0.4, -0.2) is 28.0 Å². The molecule has 0 fully saturated rings. The predicted molar refractivity (Wildman–Crippen MR) is 65.7 cm³/mol. The van der Waals surface area contributed by atoms with E-state index in [0.717, 1.165) is 5.56 Å². The molecular weight excluding hydrogens is 234 g/mol. The van der Waals surface area contributed by atoms with E-state index in [0.29, 0.717) is 5.69 Å². The number of phenolic OH excluding ortho intramolecular Hbond substituents is 1. The van der Waals surface area contributed by atoms with E-state index in [9.17, 15) is 9.90 Å². The fourth-order valence-electron chi connectivity index (χ4n) is 1.63. The number of nitrogens with two attached hydrogens (primary N) is 1. The first-order valence-corrected chi connectivity index (χ1v) is 5.26. The number of phenols is 1. The van der Waals surface area contributed by atoms with Gasteiger partial charge in [-0.25, -0.2) is 9.48 Å². The minimum absolute atomic E-state index is 0.0428. The molecule has 2 rings (SSSR count). The van der Waals surface area contributed by atoms with Gasteiger partial charge in [0, 0.05) is 0 Å². The van der Waals surface area contributed by atoms with Crippen molar-refractivity contribution in [3.05, 3.63) is 35.5 Å². The standard InChI is InChI=1S/C12H13N3O3/c1-7-3-4-9(10(16)5-7)15-11(13)8(6-14-15)12(17)18-2/h3-6,16H,13H2,1-2H3. The molecule has 0 bridgehead atoms. The third-order valence-electron chi connectivity index (χ3n) is 2.57. The Morgan fingerprint density at radius 2 is 2.22 bits per heavy atom. The highest BCUT2D eigenvalue weighted by Crippen LogP contribution is 2.26. The summed E-state index contributed by atoms with van der Waals surface area (Å²) in [5.41, 5.74) is 7.29. The van der Waals surface area contributed by atoms with Gasteiger partial charge in [0.15, 0.2) is 0 Å². The Labute approximate surface area is 104 Å². The molecule has 1 heterocycles. The quantitative estimate of drug-likeness (QED) is 0.779. The van der Waals surface area contributed by atoms with E-state index < -0.39 is 5.97 Å². The number of nitrogen functional groups attached to an aromatic ring is 1. The number of carbonyl (C=O) groups excluding carboxylic acids is 1. The molecule has 3 N–H and O–H groups in total. The molecule has 0 atom stereocenters. The fraction of sp³-hybridized carbons (Fsp3) is 0.167. The summed E-state index contributed by atoms with van der Waals surface area (Å²) in [4.78, 5) is 11.4. The molecule has 0 saturated heterocycles. The number of aromatic nitrogens is 2. The van der Waals surface area contributed by atoms with E-state index in [1.807, 2.05) is 13.0 Å². The number of esters is 1. The van der Waals surface area contributed by atoms with E-state index in [2.05, 4.69) is 9.84 Å². The summed E-state index contributed by atoms with van der Waals surface area (Å²) in [6.45, 7) is 1.86. The van der Waals surface area contributed by atoms with Crippen molar-refractivity contribution in [3.8, 4) is 11.4 Å². The third-order valence-corrected chi connectivity index (χ3v) is 2.57. The first kappa shape index (κ1) is 12.0. The minimum atomic E-state index is -0.564. The van der Waals surface area contributed by atoms with E-state index >= 15 is 0 Å². The summed E-state index contributed by atoms with van der Waals surface area (Å²) in [5.74, 6) is -0.396. The number of aryl methyl sites for hydroxylation is 1. The molecule has 0 amide bonds. The Hall–Kier alpha value is -2.50. The Morgan fingerprint density at radius 1 is 1.50 bits per heavy atom. The van der Waals surface area contributed by atoms with Gasteiger partial charge in [-0.15, -0.1) is 0 Å². The highest BCUT2D eigenvalue weighted by atomic mass is 16.5. The summed E-state index contributed by atoms with van der Waals surface area (Å²) in [5, 5.41) is 13.8. The molecule has 0 aliphatic heterocycles. The number of anilines is 1. The molecule has 94 valence electrons. The van der Waals surface area contributed by atoms with Crippen molar-refractivity contribution in [2.75, 3.05) is 12.8 Å². The Kier molecular flexibility index (Phi) is 2.93. The van der Waals surface area contributed by atoms with Gasteiger partial charge in [-0.3, -0.25) is 0 Å². The molecule has 0 unspecified atom stereocenters. The molecule has 0 spiro atoms. The average Bonchev–Trinajstić information content (AvgIpc) is 2.70. The molecule has 2 aromatic rings. The second-order valence-corrected chi connectivity index (χ2v) is 3.84. The highest BCUT2D eigenvalue weighted by Gasteiger charge is 2.17. The monoisotopic (exact) mass is 247 g/mol. The van der Waals surface area contributed by atoms with Gasteiger partial charge in [-0.2, -0.15) is 5.10 Å². The second-order valence-electron chi connectivity index (χ2n) is 3.84. The Morgan fingerprint density at radius 3 is 2.83 bits per heavy atom. The van der Waals surface area contributed by atoms with Crippen molar-refractivity contribution >= 4 is 11.8 Å². The van der Waals surface area contributed by atoms with Gasteiger partial charge >= 0.3 is 5.97 Å². The molecule has 18 heavy (non-hydrogen) atoms. The SMILES string of the molecule is COC(=O)c1cnn(-c2ccc(C)cc2O)c1N. The summed E-state index contributed by atoms with van der Waals surface area (Å²) in [6, 6.07) is 5.08. The average molecular weight is 247 g/mol. The van der Waals surface area contributed by atoms with Crippen LogP contribution in [0.15, 0.2) is 24.4 Å². The first-order valence-electron chi connectivity index (χ1n) is 5.26. The van der Waals surface area contributed by atoms with Gasteiger partial charge in [0.25, 0.3) is 0 Å². The van der Waals surface area contributed by atoms with E-state index in [1.165, 1.54) is 18.0 Å². The smallest absolute Gasteiger partial charge is 0.343 e. The third kappa shape index (κ3) is 1.88. The summed E-state index contributed by atoms with van der Waals surface area (Å²) >= 11 is 0. The molecule has 0 radical (unpaired) electrons. The summed E-state index contributed by atoms with van der Waals surface area (Å²) in [6.07, 6.45) is 1.31. The number of methoxy groups -OCH3 is 1. The van der Waals surface area contributed by atoms with Gasteiger partial charge in [-0.05, 0) is 24.6 Å².